The number of anilines is 1. The van der Waals surface area contributed by atoms with Crippen LogP contribution < -0.4 is 5.32 Å². The zero-order valence-electron chi connectivity index (χ0n) is 14.3. The molecule has 0 saturated carbocycles. The third kappa shape index (κ3) is 5.14. The van der Waals surface area contributed by atoms with Crippen molar-refractivity contribution in [3.63, 3.8) is 0 Å². The number of piperazine rings is 1. The molecule has 0 aliphatic carbocycles. The summed E-state index contributed by atoms with van der Waals surface area (Å²) in [6.45, 7) is 2.58. The van der Waals surface area contributed by atoms with Crippen molar-refractivity contribution in [2.75, 3.05) is 31.5 Å². The van der Waals surface area contributed by atoms with Crippen LogP contribution in [-0.4, -0.2) is 47.8 Å². The van der Waals surface area contributed by atoms with Crippen LogP contribution in [0.5, 0.6) is 0 Å². The Morgan fingerprint density at radius 3 is 2.33 bits per heavy atom. The smallest absolute Gasteiger partial charge is 0.360 e. The highest BCUT2D eigenvalue weighted by molar-refractivity contribution is 6.30. The summed E-state index contributed by atoms with van der Waals surface area (Å²) >= 11 is 5.61. The van der Waals surface area contributed by atoms with E-state index < -0.39 is 17.6 Å². The van der Waals surface area contributed by atoms with Gasteiger partial charge in [0.2, 0.25) is 5.91 Å². The Balaban J connectivity index is 2.15. The van der Waals surface area contributed by atoms with Crippen molar-refractivity contribution in [1.29, 1.82) is 5.26 Å². The molecule has 0 bridgehead atoms. The Labute approximate surface area is 158 Å². The van der Waals surface area contributed by atoms with Crippen LogP contribution in [0.1, 0.15) is 12.5 Å². The molecule has 1 aliphatic rings. The average Bonchev–Trinajstić information content (AvgIpc) is 2.62. The molecular weight excluding hydrogens is 385 g/mol. The van der Waals surface area contributed by atoms with Gasteiger partial charge in [-0.05, 0) is 18.2 Å². The van der Waals surface area contributed by atoms with Crippen molar-refractivity contribution < 1.29 is 22.8 Å². The van der Waals surface area contributed by atoms with Gasteiger partial charge in [0.05, 0.1) is 11.3 Å². The molecule has 1 aromatic carbocycles. The van der Waals surface area contributed by atoms with Crippen molar-refractivity contribution in [3.8, 4) is 6.07 Å². The van der Waals surface area contributed by atoms with Gasteiger partial charge in [0.25, 0.3) is 5.91 Å². The van der Waals surface area contributed by atoms with Gasteiger partial charge in [-0.2, -0.15) is 18.4 Å². The normalized spacial score (nSPS) is 15.3. The van der Waals surface area contributed by atoms with Gasteiger partial charge in [0.15, 0.2) is 0 Å². The summed E-state index contributed by atoms with van der Waals surface area (Å²) < 4.78 is 39.3. The van der Waals surface area contributed by atoms with Crippen LogP contribution in [0.3, 0.4) is 0 Å². The fourth-order valence-corrected chi connectivity index (χ4v) is 2.74. The Kier molecular flexibility index (Phi) is 6.33. The summed E-state index contributed by atoms with van der Waals surface area (Å²) in [6, 6.07) is 4.83. The molecule has 1 saturated heterocycles. The molecule has 27 heavy (non-hydrogen) atoms. The van der Waals surface area contributed by atoms with Crippen molar-refractivity contribution in [2.24, 2.45) is 0 Å². The first-order chi connectivity index (χ1) is 12.6. The third-order valence-electron chi connectivity index (χ3n) is 4.02. The standard InChI is InChI=1S/C17H16ClF3N4O2/c1-11(26)24-4-6-25(7-5-24)16(27)12(9-22)10-23-15-3-2-13(18)8-14(15)17(19,20)21/h2-3,8,10,23H,4-7H2,1H3/b12-10-. The molecule has 0 spiro atoms. The highest BCUT2D eigenvalue weighted by Gasteiger charge is 2.34. The summed E-state index contributed by atoms with van der Waals surface area (Å²) in [5, 5.41) is 11.5. The van der Waals surface area contributed by atoms with E-state index in [1.807, 2.05) is 0 Å². The zero-order valence-corrected chi connectivity index (χ0v) is 15.1. The lowest BCUT2D eigenvalue weighted by atomic mass is 10.1. The quantitative estimate of drug-likeness (QED) is 0.625. The Morgan fingerprint density at radius 1 is 1.22 bits per heavy atom. The number of benzene rings is 1. The second-order valence-electron chi connectivity index (χ2n) is 5.80. The molecule has 2 rings (SSSR count). The number of carbonyl (C=O) groups is 2. The maximum atomic E-state index is 13.1. The summed E-state index contributed by atoms with van der Waals surface area (Å²) in [5.74, 6) is -0.724. The van der Waals surface area contributed by atoms with E-state index in [-0.39, 0.29) is 35.3 Å². The molecule has 10 heteroatoms. The van der Waals surface area contributed by atoms with E-state index in [2.05, 4.69) is 5.32 Å². The number of halogens is 4. The van der Waals surface area contributed by atoms with E-state index in [1.54, 1.807) is 11.0 Å². The molecule has 144 valence electrons. The van der Waals surface area contributed by atoms with E-state index in [1.165, 1.54) is 17.9 Å². The lowest BCUT2D eigenvalue weighted by Crippen LogP contribution is -2.50. The van der Waals surface area contributed by atoms with Crippen molar-refractivity contribution in [3.05, 3.63) is 40.6 Å². The van der Waals surface area contributed by atoms with E-state index in [0.717, 1.165) is 18.3 Å². The second-order valence-corrected chi connectivity index (χ2v) is 6.24. The Morgan fingerprint density at radius 2 is 1.81 bits per heavy atom. The molecular formula is C17H16ClF3N4O2. The van der Waals surface area contributed by atoms with Crippen LogP contribution in [0.2, 0.25) is 5.02 Å². The fraction of sp³-hybridized carbons (Fsp3) is 0.353. The minimum atomic E-state index is -4.65. The number of rotatable bonds is 3. The SMILES string of the molecule is CC(=O)N1CCN(C(=O)/C(C#N)=C\Nc2ccc(Cl)cc2C(F)(F)F)CC1. The summed E-state index contributed by atoms with van der Waals surface area (Å²) in [6.07, 6.45) is -3.71. The lowest BCUT2D eigenvalue weighted by molar-refractivity contribution is -0.137. The molecule has 1 heterocycles. The number of nitrogens with zero attached hydrogens (tertiary/aromatic N) is 3. The topological polar surface area (TPSA) is 76.4 Å². The van der Waals surface area contributed by atoms with Gasteiger partial charge in [-0.1, -0.05) is 11.6 Å². The summed E-state index contributed by atoms with van der Waals surface area (Å²) in [5.41, 5.74) is -1.67. The highest BCUT2D eigenvalue weighted by atomic mass is 35.5. The van der Waals surface area contributed by atoms with E-state index in [0.29, 0.717) is 13.1 Å². The van der Waals surface area contributed by atoms with Gasteiger partial charge >= 0.3 is 6.18 Å². The van der Waals surface area contributed by atoms with Gasteiger partial charge in [-0.3, -0.25) is 9.59 Å². The number of carbonyl (C=O) groups excluding carboxylic acids is 2. The first-order valence-electron chi connectivity index (χ1n) is 7.92. The van der Waals surface area contributed by atoms with Crippen LogP contribution in [0, 0.1) is 11.3 Å². The predicted octanol–water partition coefficient (Wildman–Crippen LogP) is 2.87. The Bertz CT molecular complexity index is 809. The minimum absolute atomic E-state index is 0.0863. The molecule has 1 aliphatic heterocycles. The summed E-state index contributed by atoms with van der Waals surface area (Å²) in [7, 11) is 0. The van der Waals surface area contributed by atoms with E-state index in [4.69, 9.17) is 11.6 Å². The molecule has 1 aromatic rings. The minimum Gasteiger partial charge on any atom is -0.360 e. The average molecular weight is 401 g/mol. The van der Waals surface area contributed by atoms with Crippen molar-refractivity contribution in [2.45, 2.75) is 13.1 Å². The molecule has 1 N–H and O–H groups in total. The summed E-state index contributed by atoms with van der Waals surface area (Å²) in [4.78, 5) is 26.7. The van der Waals surface area contributed by atoms with Crippen LogP contribution in [0.25, 0.3) is 0 Å². The van der Waals surface area contributed by atoms with E-state index >= 15 is 0 Å². The molecule has 0 radical (unpaired) electrons. The molecule has 0 aromatic heterocycles. The van der Waals surface area contributed by atoms with E-state index in [9.17, 15) is 28.0 Å². The van der Waals surface area contributed by atoms with Gasteiger partial charge in [0, 0.05) is 44.3 Å². The number of hydrogen-bond acceptors (Lipinski definition) is 4. The number of alkyl halides is 3. The first-order valence-corrected chi connectivity index (χ1v) is 8.29. The number of nitrogens with one attached hydrogen (secondary N) is 1. The lowest BCUT2D eigenvalue weighted by Gasteiger charge is -2.34. The molecule has 1 fully saturated rings. The maximum absolute atomic E-state index is 13.1. The Hall–Kier alpha value is -2.73. The fourth-order valence-electron chi connectivity index (χ4n) is 2.56. The van der Waals surface area contributed by atoms with Crippen molar-refractivity contribution >= 4 is 29.1 Å². The first kappa shape index (κ1) is 20.6. The third-order valence-corrected chi connectivity index (χ3v) is 4.26. The van der Waals surface area contributed by atoms with Crippen LogP contribution >= 0.6 is 11.6 Å². The van der Waals surface area contributed by atoms with Crippen LogP contribution in [0.4, 0.5) is 18.9 Å². The van der Waals surface area contributed by atoms with Gasteiger partial charge in [-0.15, -0.1) is 0 Å². The number of hydrogen-bond donors (Lipinski definition) is 1. The molecule has 2 amide bonds. The molecule has 6 nitrogen and oxygen atoms in total. The largest absolute Gasteiger partial charge is 0.418 e. The second kappa shape index (κ2) is 8.31. The number of amides is 2. The monoisotopic (exact) mass is 400 g/mol. The van der Waals surface area contributed by atoms with Crippen molar-refractivity contribution in [1.82, 2.24) is 9.80 Å². The highest BCUT2D eigenvalue weighted by Crippen LogP contribution is 2.36. The van der Waals surface area contributed by atoms with Crippen LogP contribution in [0.15, 0.2) is 30.0 Å². The number of nitriles is 1. The van der Waals surface area contributed by atoms with Gasteiger partial charge in [-0.25, -0.2) is 0 Å². The molecule has 0 unspecified atom stereocenters. The molecule has 0 atom stereocenters. The van der Waals surface area contributed by atoms with Gasteiger partial charge < -0.3 is 15.1 Å². The van der Waals surface area contributed by atoms with Gasteiger partial charge in [0.1, 0.15) is 11.6 Å². The maximum Gasteiger partial charge on any atom is 0.418 e. The predicted molar refractivity (Wildman–Crippen MR) is 92.6 cm³/mol. The van der Waals surface area contributed by atoms with Crippen LogP contribution in [-0.2, 0) is 15.8 Å². The zero-order chi connectivity index (χ0) is 20.2.